The molecule has 0 saturated heterocycles. The minimum atomic E-state index is -0.367. The number of halogens is 2. The summed E-state index contributed by atoms with van der Waals surface area (Å²) in [6.07, 6.45) is 2.05. The van der Waals surface area contributed by atoms with Gasteiger partial charge in [-0.3, -0.25) is 9.59 Å². The Bertz CT molecular complexity index is 669. The molecule has 0 bridgehead atoms. The fraction of sp³-hybridized carbons (Fsp3) is 0.267. The van der Waals surface area contributed by atoms with Crippen LogP contribution in [-0.4, -0.2) is 35.0 Å². The summed E-state index contributed by atoms with van der Waals surface area (Å²) in [6, 6.07) is 6.10. The SMILES string of the molecule is CCCN(CC(=O)Nc1ccon1)C(=O)c1cc(Cl)cc(Cl)c1. The molecule has 0 unspecified atom stereocenters. The molecule has 0 fully saturated rings. The molecule has 6 nitrogen and oxygen atoms in total. The van der Waals surface area contributed by atoms with Gasteiger partial charge in [-0.05, 0) is 24.6 Å². The third kappa shape index (κ3) is 4.97. The lowest BCUT2D eigenvalue weighted by Crippen LogP contribution is -2.38. The van der Waals surface area contributed by atoms with Crippen molar-refractivity contribution in [3.63, 3.8) is 0 Å². The smallest absolute Gasteiger partial charge is 0.254 e. The Morgan fingerprint density at radius 1 is 1.26 bits per heavy atom. The molecular weight excluding hydrogens is 341 g/mol. The van der Waals surface area contributed by atoms with E-state index in [0.717, 1.165) is 0 Å². The number of hydrogen-bond acceptors (Lipinski definition) is 4. The molecule has 1 aromatic heterocycles. The van der Waals surface area contributed by atoms with E-state index in [-0.39, 0.29) is 18.4 Å². The quantitative estimate of drug-likeness (QED) is 0.860. The minimum Gasteiger partial charge on any atom is -0.363 e. The number of hydrogen-bond donors (Lipinski definition) is 1. The van der Waals surface area contributed by atoms with Gasteiger partial charge in [0, 0.05) is 28.2 Å². The maximum Gasteiger partial charge on any atom is 0.254 e. The Kier molecular flexibility index (Phi) is 6.01. The lowest BCUT2D eigenvalue weighted by molar-refractivity contribution is -0.116. The standard InChI is InChI=1S/C15H15Cl2N3O3/c1-2-4-20(9-14(21)18-13-3-5-23-19-13)15(22)10-6-11(16)8-12(17)7-10/h3,5-8H,2,4,9H2,1H3,(H,18,19,21). The van der Waals surface area contributed by atoms with E-state index in [0.29, 0.717) is 34.4 Å². The molecule has 0 saturated carbocycles. The van der Waals surface area contributed by atoms with Crippen LogP contribution >= 0.6 is 23.2 Å². The number of anilines is 1. The van der Waals surface area contributed by atoms with Gasteiger partial charge < -0.3 is 14.7 Å². The number of amides is 2. The zero-order valence-corrected chi connectivity index (χ0v) is 13.9. The summed E-state index contributed by atoms with van der Waals surface area (Å²) >= 11 is 11.8. The first-order valence-electron chi connectivity index (χ1n) is 6.95. The molecule has 2 amide bonds. The van der Waals surface area contributed by atoms with Crippen molar-refractivity contribution >= 4 is 40.8 Å². The van der Waals surface area contributed by atoms with Gasteiger partial charge >= 0.3 is 0 Å². The monoisotopic (exact) mass is 355 g/mol. The first kappa shape index (κ1) is 17.3. The highest BCUT2D eigenvalue weighted by molar-refractivity contribution is 6.35. The van der Waals surface area contributed by atoms with Crippen molar-refractivity contribution in [1.82, 2.24) is 10.1 Å². The third-order valence-corrected chi connectivity index (χ3v) is 3.37. The van der Waals surface area contributed by atoms with Crippen LogP contribution in [0.3, 0.4) is 0 Å². The third-order valence-electron chi connectivity index (χ3n) is 2.93. The largest absolute Gasteiger partial charge is 0.363 e. The maximum atomic E-state index is 12.6. The van der Waals surface area contributed by atoms with Crippen molar-refractivity contribution in [2.45, 2.75) is 13.3 Å². The Hall–Kier alpha value is -2.05. The summed E-state index contributed by atoms with van der Waals surface area (Å²) in [5.41, 5.74) is 0.338. The number of carbonyl (C=O) groups excluding carboxylic acids is 2. The second-order valence-corrected chi connectivity index (χ2v) is 5.69. The predicted molar refractivity (Wildman–Crippen MR) is 87.8 cm³/mol. The van der Waals surface area contributed by atoms with Gasteiger partial charge in [-0.1, -0.05) is 35.3 Å². The van der Waals surface area contributed by atoms with Crippen molar-refractivity contribution in [3.8, 4) is 0 Å². The molecule has 8 heteroatoms. The minimum absolute atomic E-state index is 0.107. The average molecular weight is 356 g/mol. The first-order valence-corrected chi connectivity index (χ1v) is 7.70. The maximum absolute atomic E-state index is 12.6. The fourth-order valence-corrected chi connectivity index (χ4v) is 2.54. The molecule has 0 aliphatic rings. The molecule has 2 aromatic rings. The molecule has 23 heavy (non-hydrogen) atoms. The topological polar surface area (TPSA) is 75.4 Å². The zero-order valence-electron chi connectivity index (χ0n) is 12.4. The predicted octanol–water partition coefficient (Wildman–Crippen LogP) is 3.47. The van der Waals surface area contributed by atoms with Crippen molar-refractivity contribution in [2.75, 3.05) is 18.4 Å². The lowest BCUT2D eigenvalue weighted by atomic mass is 10.2. The van der Waals surface area contributed by atoms with E-state index in [9.17, 15) is 9.59 Å². The van der Waals surface area contributed by atoms with Gasteiger partial charge in [0.1, 0.15) is 12.8 Å². The number of aromatic nitrogens is 1. The van der Waals surface area contributed by atoms with E-state index < -0.39 is 0 Å². The summed E-state index contributed by atoms with van der Waals surface area (Å²) in [7, 11) is 0. The summed E-state index contributed by atoms with van der Waals surface area (Å²) in [6.45, 7) is 2.24. The zero-order chi connectivity index (χ0) is 16.8. The molecule has 0 spiro atoms. The molecular formula is C15H15Cl2N3O3. The molecule has 0 atom stereocenters. The average Bonchev–Trinajstić information content (AvgIpc) is 2.97. The molecule has 1 N–H and O–H groups in total. The Balaban J connectivity index is 2.10. The van der Waals surface area contributed by atoms with Gasteiger partial charge in [0.25, 0.3) is 5.91 Å². The van der Waals surface area contributed by atoms with Gasteiger partial charge in [-0.15, -0.1) is 0 Å². The van der Waals surface area contributed by atoms with Crippen LogP contribution in [0.25, 0.3) is 0 Å². The first-order chi connectivity index (χ1) is 11.0. The number of benzene rings is 1. The van der Waals surface area contributed by atoms with Gasteiger partial charge in [-0.25, -0.2) is 0 Å². The van der Waals surface area contributed by atoms with Crippen LogP contribution in [0.5, 0.6) is 0 Å². The molecule has 1 aromatic carbocycles. The number of nitrogens with zero attached hydrogens (tertiary/aromatic N) is 2. The van der Waals surface area contributed by atoms with E-state index in [4.69, 9.17) is 23.2 Å². The highest BCUT2D eigenvalue weighted by atomic mass is 35.5. The van der Waals surface area contributed by atoms with Crippen LogP contribution in [0.2, 0.25) is 10.0 Å². The highest BCUT2D eigenvalue weighted by Crippen LogP contribution is 2.20. The van der Waals surface area contributed by atoms with E-state index in [2.05, 4.69) is 15.0 Å². The molecule has 2 rings (SSSR count). The Morgan fingerprint density at radius 3 is 2.52 bits per heavy atom. The fourth-order valence-electron chi connectivity index (χ4n) is 2.01. The van der Waals surface area contributed by atoms with Gasteiger partial charge in [0.15, 0.2) is 5.82 Å². The van der Waals surface area contributed by atoms with Crippen LogP contribution in [0.1, 0.15) is 23.7 Å². The van der Waals surface area contributed by atoms with Crippen LogP contribution in [-0.2, 0) is 4.79 Å². The summed E-state index contributed by atoms with van der Waals surface area (Å²) in [5.74, 6) is -0.384. The molecule has 1 heterocycles. The summed E-state index contributed by atoms with van der Waals surface area (Å²) < 4.78 is 4.64. The number of nitrogens with one attached hydrogen (secondary N) is 1. The normalized spacial score (nSPS) is 10.4. The van der Waals surface area contributed by atoms with E-state index in [1.807, 2.05) is 6.92 Å². The van der Waals surface area contributed by atoms with Crippen LogP contribution in [0.15, 0.2) is 35.1 Å². The van der Waals surface area contributed by atoms with Crippen molar-refractivity contribution in [2.24, 2.45) is 0 Å². The van der Waals surface area contributed by atoms with Crippen molar-refractivity contribution < 1.29 is 14.1 Å². The molecule has 0 aliphatic heterocycles. The van der Waals surface area contributed by atoms with Gasteiger partial charge in [0.05, 0.1) is 0 Å². The summed E-state index contributed by atoms with van der Waals surface area (Å²) in [5, 5.41) is 6.87. The van der Waals surface area contributed by atoms with Crippen molar-refractivity contribution in [1.29, 1.82) is 0 Å². The number of rotatable bonds is 6. The van der Waals surface area contributed by atoms with Crippen LogP contribution < -0.4 is 5.32 Å². The van der Waals surface area contributed by atoms with Crippen LogP contribution in [0.4, 0.5) is 5.82 Å². The van der Waals surface area contributed by atoms with E-state index in [1.54, 1.807) is 6.07 Å². The highest BCUT2D eigenvalue weighted by Gasteiger charge is 2.19. The van der Waals surface area contributed by atoms with Gasteiger partial charge in [0.2, 0.25) is 5.91 Å². The second kappa shape index (κ2) is 7.99. The summed E-state index contributed by atoms with van der Waals surface area (Å²) in [4.78, 5) is 26.0. The van der Waals surface area contributed by atoms with E-state index >= 15 is 0 Å². The molecule has 0 radical (unpaired) electrons. The molecule has 0 aliphatic carbocycles. The van der Waals surface area contributed by atoms with Crippen LogP contribution in [0, 0.1) is 0 Å². The Labute approximate surface area is 143 Å². The van der Waals surface area contributed by atoms with Crippen molar-refractivity contribution in [3.05, 3.63) is 46.1 Å². The second-order valence-electron chi connectivity index (χ2n) is 4.82. The molecule has 122 valence electrons. The van der Waals surface area contributed by atoms with E-state index in [1.165, 1.54) is 29.4 Å². The lowest BCUT2D eigenvalue weighted by Gasteiger charge is -2.21. The Morgan fingerprint density at radius 2 is 1.96 bits per heavy atom. The van der Waals surface area contributed by atoms with Gasteiger partial charge in [-0.2, -0.15) is 0 Å². The number of carbonyl (C=O) groups is 2.